The highest BCUT2D eigenvalue weighted by atomic mass is 35.5. The van der Waals surface area contributed by atoms with Gasteiger partial charge in [0.15, 0.2) is 0 Å². The van der Waals surface area contributed by atoms with Gasteiger partial charge in [0.2, 0.25) is 0 Å². The van der Waals surface area contributed by atoms with Crippen LogP contribution in [0.15, 0.2) is 60.0 Å². The molecule has 0 unspecified atom stereocenters. The van der Waals surface area contributed by atoms with Crippen LogP contribution >= 0.6 is 22.9 Å². The van der Waals surface area contributed by atoms with Crippen molar-refractivity contribution in [2.75, 3.05) is 32.2 Å². The summed E-state index contributed by atoms with van der Waals surface area (Å²) in [7, 11) is 1.56. The quantitative estimate of drug-likeness (QED) is 0.179. The van der Waals surface area contributed by atoms with Crippen molar-refractivity contribution in [1.29, 1.82) is 0 Å². The minimum absolute atomic E-state index is 0.200. The lowest BCUT2D eigenvalue weighted by Gasteiger charge is -2.19. The minimum Gasteiger partial charge on any atom is -0.487 e. The van der Waals surface area contributed by atoms with Gasteiger partial charge in [0.05, 0.1) is 17.7 Å². The fourth-order valence-electron chi connectivity index (χ4n) is 4.33. The number of aromatic nitrogens is 1. The van der Waals surface area contributed by atoms with E-state index in [0.717, 1.165) is 28.6 Å². The molecule has 1 saturated heterocycles. The Hall–Kier alpha value is -3.84. The van der Waals surface area contributed by atoms with Gasteiger partial charge in [0.25, 0.3) is 0 Å². The maximum absolute atomic E-state index is 13.4. The van der Waals surface area contributed by atoms with Crippen LogP contribution in [0.5, 0.6) is 5.75 Å². The molecule has 1 aliphatic rings. The van der Waals surface area contributed by atoms with E-state index < -0.39 is 0 Å². The number of rotatable bonds is 8. The van der Waals surface area contributed by atoms with E-state index in [1.54, 1.807) is 47.6 Å². The molecule has 5 rings (SSSR count). The van der Waals surface area contributed by atoms with Crippen molar-refractivity contribution in [2.45, 2.75) is 25.5 Å². The van der Waals surface area contributed by atoms with Gasteiger partial charge in [-0.3, -0.25) is 4.90 Å². The number of amides is 1. The Balaban J connectivity index is 1.30. The summed E-state index contributed by atoms with van der Waals surface area (Å²) in [6.45, 7) is 1.37. The van der Waals surface area contributed by atoms with Gasteiger partial charge in [-0.2, -0.15) is 0 Å². The first-order valence-electron chi connectivity index (χ1n) is 12.8. The largest absolute Gasteiger partial charge is 0.487 e. The molecule has 0 spiro atoms. The monoisotopic (exact) mass is 579 g/mol. The Bertz CT molecular complexity index is 1570. The average Bonchev–Trinajstić information content (AvgIpc) is 3.61. The summed E-state index contributed by atoms with van der Waals surface area (Å²) < 4.78 is 30.5. The second-order valence-corrected chi connectivity index (χ2v) is 10.5. The Kier molecular flexibility index (Phi) is 9.01. The predicted octanol–water partition coefficient (Wildman–Crippen LogP) is 7.01. The standard InChI is InChI=1S/C30H27ClFN3O4S/c1-37-13-14-38-30(36)35-12-3-6-24(35)9-7-23-18-28-25(11-15-40-28)29(34-23)33-22-8-10-27(26(31)17-22)39-19-20-4-2-5-21(32)16-20/h2,4-5,8,10-11,15-18,24H,3,6,12-14,19H2,1H3,(H,33,34)/t24-/m1/s1. The molecule has 7 nitrogen and oxygen atoms in total. The number of carbonyl (C=O) groups excluding carboxylic acids is 1. The number of nitrogens with zero attached hydrogens (tertiary/aromatic N) is 2. The van der Waals surface area contributed by atoms with Gasteiger partial charge in [-0.25, -0.2) is 14.2 Å². The number of thiophene rings is 1. The molecular weight excluding hydrogens is 553 g/mol. The number of likely N-dealkylation sites (tertiary alicyclic amines) is 1. The first kappa shape index (κ1) is 27.7. The van der Waals surface area contributed by atoms with E-state index in [1.807, 2.05) is 23.6 Å². The molecule has 1 aliphatic heterocycles. The number of hydrogen-bond donors (Lipinski definition) is 1. The normalized spacial score (nSPS) is 14.6. The van der Waals surface area contributed by atoms with E-state index in [1.165, 1.54) is 12.1 Å². The van der Waals surface area contributed by atoms with Crippen molar-refractivity contribution in [3.63, 3.8) is 0 Å². The highest BCUT2D eigenvalue weighted by molar-refractivity contribution is 7.17. The molecule has 2 aromatic carbocycles. The summed E-state index contributed by atoms with van der Waals surface area (Å²) >= 11 is 8.09. The summed E-state index contributed by atoms with van der Waals surface area (Å²) in [4.78, 5) is 18.9. The molecule has 1 amide bonds. The van der Waals surface area contributed by atoms with Crippen LogP contribution < -0.4 is 10.1 Å². The summed E-state index contributed by atoms with van der Waals surface area (Å²) in [5.41, 5.74) is 2.04. The second-order valence-electron chi connectivity index (χ2n) is 9.11. The first-order chi connectivity index (χ1) is 19.5. The lowest BCUT2D eigenvalue weighted by Crippen LogP contribution is -2.35. The van der Waals surface area contributed by atoms with Crippen LogP contribution in [0.1, 0.15) is 24.1 Å². The van der Waals surface area contributed by atoms with Crippen LogP contribution in [0.4, 0.5) is 20.7 Å². The van der Waals surface area contributed by atoms with Crippen LogP contribution in [0.3, 0.4) is 0 Å². The molecule has 1 fully saturated rings. The van der Waals surface area contributed by atoms with Gasteiger partial charge < -0.3 is 19.5 Å². The first-order valence-corrected chi connectivity index (χ1v) is 14.0. The Morgan fingerprint density at radius 1 is 1.23 bits per heavy atom. The predicted molar refractivity (Wildman–Crippen MR) is 155 cm³/mol. The molecule has 0 radical (unpaired) electrons. The zero-order chi connectivity index (χ0) is 27.9. The molecular formula is C30H27ClFN3O4S. The zero-order valence-electron chi connectivity index (χ0n) is 21.8. The van der Waals surface area contributed by atoms with Crippen molar-refractivity contribution in [2.24, 2.45) is 0 Å². The third-order valence-corrected chi connectivity index (χ3v) is 7.45. The number of ether oxygens (including phenoxy) is 3. The van der Waals surface area contributed by atoms with E-state index >= 15 is 0 Å². The number of carbonyl (C=O) groups is 1. The molecule has 4 aromatic rings. The van der Waals surface area contributed by atoms with Crippen molar-refractivity contribution >= 4 is 50.6 Å². The fraction of sp³-hybridized carbons (Fsp3) is 0.267. The van der Waals surface area contributed by atoms with Gasteiger partial charge >= 0.3 is 6.09 Å². The van der Waals surface area contributed by atoms with E-state index in [4.69, 9.17) is 30.8 Å². The Morgan fingerprint density at radius 3 is 2.95 bits per heavy atom. The third-order valence-electron chi connectivity index (χ3n) is 6.30. The highest BCUT2D eigenvalue weighted by Gasteiger charge is 2.28. The second kappa shape index (κ2) is 13.0. The van der Waals surface area contributed by atoms with Gasteiger partial charge in [-0.1, -0.05) is 29.7 Å². The molecule has 1 atom stereocenters. The summed E-state index contributed by atoms with van der Waals surface area (Å²) in [6.07, 6.45) is 1.27. The number of halogens is 2. The molecule has 2 aromatic heterocycles. The van der Waals surface area contributed by atoms with E-state index in [-0.39, 0.29) is 31.2 Å². The molecule has 0 bridgehead atoms. The molecule has 10 heteroatoms. The SMILES string of the molecule is COCCOC(=O)N1CCC[C@@H]1C#Cc1cc2sccc2c(Nc2ccc(OCc3cccc(F)c3)c(Cl)c2)n1. The van der Waals surface area contributed by atoms with Crippen molar-refractivity contribution < 1.29 is 23.4 Å². The minimum atomic E-state index is -0.377. The molecule has 0 aliphatic carbocycles. The number of nitrogens with one attached hydrogen (secondary N) is 1. The number of fused-ring (bicyclic) bond motifs is 1. The number of hydrogen-bond acceptors (Lipinski definition) is 7. The number of benzene rings is 2. The molecule has 206 valence electrons. The summed E-state index contributed by atoms with van der Waals surface area (Å²) in [5.74, 6) is 7.20. The summed E-state index contributed by atoms with van der Waals surface area (Å²) in [5, 5.41) is 6.72. The lowest BCUT2D eigenvalue weighted by atomic mass is 10.2. The van der Waals surface area contributed by atoms with E-state index in [2.05, 4.69) is 17.2 Å². The molecule has 40 heavy (non-hydrogen) atoms. The topological polar surface area (TPSA) is 72.9 Å². The number of methoxy groups -OCH3 is 1. The van der Waals surface area contributed by atoms with Crippen LogP contribution in [-0.4, -0.2) is 48.9 Å². The van der Waals surface area contributed by atoms with E-state index in [0.29, 0.717) is 41.0 Å². The number of anilines is 2. The smallest absolute Gasteiger partial charge is 0.410 e. The van der Waals surface area contributed by atoms with Crippen LogP contribution in [0.2, 0.25) is 5.02 Å². The average molecular weight is 580 g/mol. The Labute approximate surface area is 240 Å². The zero-order valence-corrected chi connectivity index (χ0v) is 23.4. The van der Waals surface area contributed by atoms with Crippen molar-refractivity contribution in [3.8, 4) is 17.6 Å². The number of pyridine rings is 1. The van der Waals surface area contributed by atoms with Gasteiger partial charge in [-0.15, -0.1) is 11.3 Å². The maximum atomic E-state index is 13.4. The van der Waals surface area contributed by atoms with Gasteiger partial charge in [0, 0.05) is 29.4 Å². The lowest BCUT2D eigenvalue weighted by molar-refractivity contribution is 0.0731. The highest BCUT2D eigenvalue weighted by Crippen LogP contribution is 2.33. The molecule has 0 saturated carbocycles. The van der Waals surface area contributed by atoms with Gasteiger partial charge in [-0.05, 0) is 72.2 Å². The van der Waals surface area contributed by atoms with Crippen LogP contribution in [0, 0.1) is 17.7 Å². The third kappa shape index (κ3) is 6.83. The Morgan fingerprint density at radius 2 is 2.12 bits per heavy atom. The van der Waals surface area contributed by atoms with Gasteiger partial charge in [0.1, 0.15) is 36.3 Å². The van der Waals surface area contributed by atoms with Crippen molar-refractivity contribution in [3.05, 3.63) is 82.1 Å². The van der Waals surface area contributed by atoms with E-state index in [9.17, 15) is 9.18 Å². The fourth-order valence-corrected chi connectivity index (χ4v) is 5.39. The van der Waals surface area contributed by atoms with Crippen LogP contribution in [0.25, 0.3) is 10.1 Å². The molecule has 1 N–H and O–H groups in total. The maximum Gasteiger partial charge on any atom is 0.410 e. The summed E-state index contributed by atoms with van der Waals surface area (Å²) in [6, 6.07) is 15.3. The van der Waals surface area contributed by atoms with Crippen LogP contribution in [-0.2, 0) is 16.1 Å². The van der Waals surface area contributed by atoms with Crippen molar-refractivity contribution in [1.82, 2.24) is 9.88 Å². The molecule has 3 heterocycles.